The van der Waals surface area contributed by atoms with Crippen molar-refractivity contribution in [3.05, 3.63) is 69.9 Å². The molecule has 0 amide bonds. The van der Waals surface area contributed by atoms with Crippen LogP contribution in [0.3, 0.4) is 0 Å². The Bertz CT molecular complexity index is 649. The van der Waals surface area contributed by atoms with Crippen LogP contribution in [0.4, 0.5) is 0 Å². The molecule has 0 unspecified atom stereocenters. The molecule has 0 saturated heterocycles. The zero-order chi connectivity index (χ0) is 15.9. The predicted molar refractivity (Wildman–Crippen MR) is 100.0 cm³/mol. The molecule has 22 heavy (non-hydrogen) atoms. The second-order valence-corrected chi connectivity index (χ2v) is 5.73. The lowest BCUT2D eigenvalue weighted by Crippen LogP contribution is -2.04. The van der Waals surface area contributed by atoms with Crippen LogP contribution in [-0.4, -0.2) is 5.97 Å². The van der Waals surface area contributed by atoms with Gasteiger partial charge in [-0.25, -0.2) is 4.79 Å². The smallest absolute Gasteiger partial charge is 0.335 e. The maximum Gasteiger partial charge on any atom is 0.335 e. The van der Waals surface area contributed by atoms with Crippen LogP contribution in [-0.2, 0) is 4.79 Å². The quantitative estimate of drug-likeness (QED) is 0.281. The lowest BCUT2D eigenvalue weighted by Gasteiger charge is -2.22. The summed E-state index contributed by atoms with van der Waals surface area (Å²) in [5.41, 5.74) is 5.22. The second-order valence-electron chi connectivity index (χ2n) is 5.01. The highest BCUT2D eigenvalue weighted by atomic mass is 127. The molecule has 0 bridgehead atoms. The number of carbonyl (C=O) groups excluding carboxylic acids is 1. The molecule has 0 aliphatic heterocycles. The molecule has 0 radical (unpaired) electrons. The van der Waals surface area contributed by atoms with E-state index in [9.17, 15) is 4.79 Å². The summed E-state index contributed by atoms with van der Waals surface area (Å²) in [5.74, 6) is 0.102. The van der Waals surface area contributed by atoms with E-state index in [1.165, 1.54) is 29.2 Å². The molecule has 2 rings (SSSR count). The molecule has 2 nitrogen and oxygen atoms in total. The first-order chi connectivity index (χ1) is 10.7. The van der Waals surface area contributed by atoms with Gasteiger partial charge < -0.3 is 4.74 Å². The average Bonchev–Trinajstić information content (AvgIpc) is 2.55. The summed E-state index contributed by atoms with van der Waals surface area (Å²) in [6.45, 7) is 5.49. The maximum atomic E-state index is 11.2. The Labute approximate surface area is 145 Å². The molecule has 0 saturated carbocycles. The number of rotatable bonds is 4. The van der Waals surface area contributed by atoms with Gasteiger partial charge in [0.15, 0.2) is 0 Å². The Morgan fingerprint density at radius 1 is 1.27 bits per heavy atom. The summed E-state index contributed by atoms with van der Waals surface area (Å²) in [6.07, 6.45) is 8.94. The van der Waals surface area contributed by atoms with Crippen LogP contribution in [0.1, 0.15) is 31.7 Å². The van der Waals surface area contributed by atoms with Crippen LogP contribution in [0.2, 0.25) is 0 Å². The Morgan fingerprint density at radius 3 is 2.59 bits per heavy atom. The summed E-state index contributed by atoms with van der Waals surface area (Å²) < 4.78 is 7.19. The van der Waals surface area contributed by atoms with Crippen molar-refractivity contribution in [3.8, 4) is 5.75 Å². The highest BCUT2D eigenvalue weighted by Crippen LogP contribution is 2.37. The van der Waals surface area contributed by atoms with Gasteiger partial charge in [-0.15, -0.1) is 0 Å². The normalized spacial score (nSPS) is 17.1. The van der Waals surface area contributed by atoms with Gasteiger partial charge in [-0.3, -0.25) is 0 Å². The Kier molecular flexibility index (Phi) is 6.19. The third kappa shape index (κ3) is 3.97. The molecule has 0 aromatic heterocycles. The van der Waals surface area contributed by atoms with E-state index < -0.39 is 5.97 Å². The molecule has 0 spiro atoms. The van der Waals surface area contributed by atoms with Gasteiger partial charge >= 0.3 is 5.97 Å². The van der Waals surface area contributed by atoms with Gasteiger partial charge in [-0.2, -0.15) is 0 Å². The minimum atomic E-state index is -0.438. The van der Waals surface area contributed by atoms with Gasteiger partial charge in [-0.1, -0.05) is 53.5 Å². The lowest BCUT2D eigenvalue weighted by atomic mass is 9.83. The van der Waals surface area contributed by atoms with Crippen LogP contribution >= 0.6 is 22.6 Å². The number of halogens is 1. The van der Waals surface area contributed by atoms with Gasteiger partial charge in [0.25, 0.3) is 0 Å². The van der Waals surface area contributed by atoms with Crippen molar-refractivity contribution in [1.29, 1.82) is 0 Å². The van der Waals surface area contributed by atoms with Gasteiger partial charge in [0, 0.05) is 6.08 Å². The fraction of sp³-hybridized carbons (Fsp3) is 0.211. The second kappa shape index (κ2) is 8.13. The molecule has 1 aliphatic rings. The third-order valence-corrected chi connectivity index (χ3v) is 4.03. The largest absolute Gasteiger partial charge is 0.423 e. The highest BCUT2D eigenvalue weighted by molar-refractivity contribution is 14.1. The minimum absolute atomic E-state index is 0.438. The van der Waals surface area contributed by atoms with E-state index >= 15 is 0 Å². The Balaban J connectivity index is 2.38. The van der Waals surface area contributed by atoms with Gasteiger partial charge in [0.1, 0.15) is 5.75 Å². The van der Waals surface area contributed by atoms with E-state index in [0.29, 0.717) is 5.75 Å². The fourth-order valence-corrected chi connectivity index (χ4v) is 3.11. The molecule has 3 heteroatoms. The van der Waals surface area contributed by atoms with Crippen molar-refractivity contribution in [2.24, 2.45) is 0 Å². The summed E-state index contributed by atoms with van der Waals surface area (Å²) >= 11 is 2.26. The van der Waals surface area contributed by atoms with Crippen LogP contribution < -0.4 is 4.74 Å². The zero-order valence-electron chi connectivity index (χ0n) is 12.6. The van der Waals surface area contributed by atoms with Crippen molar-refractivity contribution in [1.82, 2.24) is 0 Å². The van der Waals surface area contributed by atoms with Crippen molar-refractivity contribution >= 4 is 34.1 Å². The van der Waals surface area contributed by atoms with Crippen molar-refractivity contribution in [3.63, 3.8) is 0 Å². The third-order valence-electron chi connectivity index (χ3n) is 3.68. The van der Waals surface area contributed by atoms with E-state index in [2.05, 4.69) is 52.3 Å². The van der Waals surface area contributed by atoms with Gasteiger partial charge in [0.05, 0.1) is 0 Å². The number of esters is 1. The molecule has 0 heterocycles. The predicted octanol–water partition coefficient (Wildman–Crippen LogP) is 5.61. The van der Waals surface area contributed by atoms with E-state index in [0.717, 1.165) is 18.4 Å². The first-order valence-corrected chi connectivity index (χ1v) is 8.54. The van der Waals surface area contributed by atoms with Crippen molar-refractivity contribution in [2.75, 3.05) is 0 Å². The average molecular weight is 406 g/mol. The van der Waals surface area contributed by atoms with Gasteiger partial charge in [-0.05, 0) is 64.7 Å². The summed E-state index contributed by atoms with van der Waals surface area (Å²) in [5, 5.41) is 0. The topological polar surface area (TPSA) is 26.3 Å². The monoisotopic (exact) mass is 406 g/mol. The number of benzene rings is 1. The van der Waals surface area contributed by atoms with Crippen molar-refractivity contribution < 1.29 is 9.53 Å². The molecule has 0 N–H and O–H groups in total. The first-order valence-electron chi connectivity index (χ1n) is 7.29. The van der Waals surface area contributed by atoms with Crippen molar-refractivity contribution in [2.45, 2.75) is 26.2 Å². The Hall–Kier alpha value is -1.62. The van der Waals surface area contributed by atoms with Crippen LogP contribution in [0, 0.1) is 0 Å². The molecule has 114 valence electrons. The minimum Gasteiger partial charge on any atom is -0.423 e. The lowest BCUT2D eigenvalue weighted by molar-refractivity contribution is -0.128. The van der Waals surface area contributed by atoms with Crippen LogP contribution in [0.5, 0.6) is 5.75 Å². The van der Waals surface area contributed by atoms with E-state index in [4.69, 9.17) is 4.74 Å². The maximum absolute atomic E-state index is 11.2. The van der Waals surface area contributed by atoms with Crippen LogP contribution in [0.15, 0.2) is 64.3 Å². The molecular weight excluding hydrogens is 387 g/mol. The number of allylic oxidation sites excluding steroid dienone is 5. The molecule has 1 aromatic carbocycles. The van der Waals surface area contributed by atoms with Gasteiger partial charge in [0.2, 0.25) is 0 Å². The number of ether oxygens (including phenoxy) is 1. The summed E-state index contributed by atoms with van der Waals surface area (Å²) in [6, 6.07) is 7.68. The summed E-state index contributed by atoms with van der Waals surface area (Å²) in [4.78, 5) is 11.2. The molecule has 0 fully saturated rings. The van der Waals surface area contributed by atoms with E-state index in [1.807, 2.05) is 24.3 Å². The van der Waals surface area contributed by atoms with E-state index in [-0.39, 0.29) is 0 Å². The molecular formula is C19H19IO2. The standard InChI is InChI=1S/C19H19IO2/c1-3-14-6-5-7-15(12-13-20)19(14)16-8-10-17(11-9-16)22-18(21)4-2/h3-4,8-13H,2,5-7H2,1H3/b13-12+,14-3+. The number of hydrogen-bond donors (Lipinski definition) is 0. The first kappa shape index (κ1) is 16.7. The zero-order valence-corrected chi connectivity index (χ0v) is 14.8. The number of hydrogen-bond acceptors (Lipinski definition) is 2. The highest BCUT2D eigenvalue weighted by Gasteiger charge is 2.17. The number of carbonyl (C=O) groups is 1. The van der Waals surface area contributed by atoms with E-state index in [1.54, 1.807) is 0 Å². The Morgan fingerprint density at radius 2 is 2.00 bits per heavy atom. The molecule has 1 aromatic rings. The van der Waals surface area contributed by atoms with Crippen LogP contribution in [0.25, 0.3) is 5.57 Å². The molecule has 0 atom stereocenters. The fourth-order valence-electron chi connectivity index (χ4n) is 2.68. The summed E-state index contributed by atoms with van der Waals surface area (Å²) in [7, 11) is 0. The molecule has 1 aliphatic carbocycles. The SMILES string of the molecule is C=CC(=O)Oc1ccc(C2=C(/C=C/I)CCC/C2=C\C)cc1.